The van der Waals surface area contributed by atoms with Crippen molar-refractivity contribution in [2.75, 3.05) is 5.32 Å². The smallest absolute Gasteiger partial charge is 0.227 e. The van der Waals surface area contributed by atoms with Gasteiger partial charge in [-0.3, -0.25) is 4.79 Å². The third-order valence-corrected chi connectivity index (χ3v) is 3.68. The van der Waals surface area contributed by atoms with Crippen molar-refractivity contribution in [3.8, 4) is 0 Å². The van der Waals surface area contributed by atoms with E-state index in [1.54, 1.807) is 0 Å². The third-order valence-electron chi connectivity index (χ3n) is 3.68. The number of amides is 1. The SMILES string of the molecule is CCCCC(CC)C(=O)Nc1cccc(CNC(C)C)c1. The van der Waals surface area contributed by atoms with Crippen LogP contribution in [-0.2, 0) is 11.3 Å². The standard InChI is InChI=1S/C18H30N2O/c1-5-7-10-16(6-2)18(21)20-17-11-8-9-15(12-17)13-19-14(3)4/h8-9,11-12,14,16,19H,5-7,10,13H2,1-4H3,(H,20,21). The van der Waals surface area contributed by atoms with Gasteiger partial charge in [-0.1, -0.05) is 52.7 Å². The Bertz CT molecular complexity index is 429. The van der Waals surface area contributed by atoms with Crippen LogP contribution in [0.5, 0.6) is 0 Å². The van der Waals surface area contributed by atoms with Gasteiger partial charge >= 0.3 is 0 Å². The zero-order valence-corrected chi connectivity index (χ0v) is 13.9. The van der Waals surface area contributed by atoms with Gasteiger partial charge in [0.1, 0.15) is 0 Å². The first-order chi connectivity index (χ1) is 10.1. The van der Waals surface area contributed by atoms with Gasteiger partial charge in [0.25, 0.3) is 0 Å². The highest BCUT2D eigenvalue weighted by molar-refractivity contribution is 5.92. The summed E-state index contributed by atoms with van der Waals surface area (Å²) in [6.45, 7) is 9.34. The molecule has 0 radical (unpaired) electrons. The van der Waals surface area contributed by atoms with E-state index < -0.39 is 0 Å². The van der Waals surface area contributed by atoms with Gasteiger partial charge < -0.3 is 10.6 Å². The van der Waals surface area contributed by atoms with Crippen LogP contribution in [0.2, 0.25) is 0 Å². The van der Waals surface area contributed by atoms with Gasteiger partial charge in [-0.05, 0) is 30.5 Å². The van der Waals surface area contributed by atoms with E-state index in [2.05, 4.69) is 50.5 Å². The average Bonchev–Trinajstić information content (AvgIpc) is 2.46. The van der Waals surface area contributed by atoms with E-state index in [-0.39, 0.29) is 11.8 Å². The molecule has 0 spiro atoms. The van der Waals surface area contributed by atoms with Crippen LogP contribution < -0.4 is 10.6 Å². The van der Waals surface area contributed by atoms with Crippen molar-refractivity contribution in [1.29, 1.82) is 0 Å². The van der Waals surface area contributed by atoms with Crippen LogP contribution in [0, 0.1) is 5.92 Å². The molecule has 0 saturated carbocycles. The predicted molar refractivity (Wildman–Crippen MR) is 90.4 cm³/mol. The molecule has 2 N–H and O–H groups in total. The molecule has 0 saturated heterocycles. The zero-order valence-electron chi connectivity index (χ0n) is 13.9. The number of carbonyl (C=O) groups excluding carboxylic acids is 1. The fraction of sp³-hybridized carbons (Fsp3) is 0.611. The van der Waals surface area contributed by atoms with E-state index in [1.165, 1.54) is 5.56 Å². The highest BCUT2D eigenvalue weighted by Gasteiger charge is 2.15. The third kappa shape index (κ3) is 6.76. The van der Waals surface area contributed by atoms with Gasteiger partial charge in [-0.25, -0.2) is 0 Å². The minimum absolute atomic E-state index is 0.127. The predicted octanol–water partition coefficient (Wildman–Crippen LogP) is 4.34. The molecule has 0 aliphatic carbocycles. The van der Waals surface area contributed by atoms with E-state index in [4.69, 9.17) is 0 Å². The molecule has 3 heteroatoms. The fourth-order valence-electron chi connectivity index (χ4n) is 2.30. The first kappa shape index (κ1) is 17.7. The Morgan fingerprint density at radius 1 is 1.24 bits per heavy atom. The summed E-state index contributed by atoms with van der Waals surface area (Å²) < 4.78 is 0. The van der Waals surface area contributed by atoms with Crippen molar-refractivity contribution in [2.45, 2.75) is 66.0 Å². The van der Waals surface area contributed by atoms with Crippen LogP contribution in [0.1, 0.15) is 58.9 Å². The van der Waals surface area contributed by atoms with Gasteiger partial charge in [0.2, 0.25) is 5.91 Å². The van der Waals surface area contributed by atoms with Crippen molar-refractivity contribution >= 4 is 11.6 Å². The number of carbonyl (C=O) groups is 1. The number of anilines is 1. The van der Waals surface area contributed by atoms with E-state index in [0.29, 0.717) is 6.04 Å². The number of nitrogens with one attached hydrogen (secondary N) is 2. The molecule has 1 amide bonds. The summed E-state index contributed by atoms with van der Waals surface area (Å²) in [5.41, 5.74) is 2.10. The Morgan fingerprint density at radius 3 is 2.62 bits per heavy atom. The number of rotatable bonds is 9. The summed E-state index contributed by atoms with van der Waals surface area (Å²) in [6.07, 6.45) is 4.14. The first-order valence-electron chi connectivity index (χ1n) is 8.20. The molecule has 118 valence electrons. The second-order valence-corrected chi connectivity index (χ2v) is 5.97. The van der Waals surface area contributed by atoms with Crippen LogP contribution in [0.4, 0.5) is 5.69 Å². The lowest BCUT2D eigenvalue weighted by Gasteiger charge is -2.15. The Labute approximate surface area is 129 Å². The summed E-state index contributed by atoms with van der Waals surface area (Å²) in [7, 11) is 0. The van der Waals surface area contributed by atoms with Crippen LogP contribution in [0.25, 0.3) is 0 Å². The first-order valence-corrected chi connectivity index (χ1v) is 8.20. The van der Waals surface area contributed by atoms with Crippen LogP contribution in [0.3, 0.4) is 0 Å². The molecule has 0 aliphatic heterocycles. The summed E-state index contributed by atoms with van der Waals surface area (Å²) in [6, 6.07) is 8.56. The van der Waals surface area contributed by atoms with Crippen molar-refractivity contribution < 1.29 is 4.79 Å². The molecule has 3 nitrogen and oxygen atoms in total. The summed E-state index contributed by atoms with van der Waals surface area (Å²) in [4.78, 5) is 12.3. The Balaban J connectivity index is 2.60. The van der Waals surface area contributed by atoms with Crippen molar-refractivity contribution in [3.05, 3.63) is 29.8 Å². The monoisotopic (exact) mass is 290 g/mol. The molecule has 0 bridgehead atoms. The van der Waals surface area contributed by atoms with Gasteiger partial charge in [0.05, 0.1) is 0 Å². The van der Waals surface area contributed by atoms with Crippen LogP contribution in [-0.4, -0.2) is 11.9 Å². The van der Waals surface area contributed by atoms with Crippen molar-refractivity contribution in [1.82, 2.24) is 5.32 Å². The van der Waals surface area contributed by atoms with Gasteiger partial charge in [-0.15, -0.1) is 0 Å². The molecule has 1 aromatic rings. The molecule has 1 aromatic carbocycles. The second kappa shape index (κ2) is 9.56. The number of hydrogen-bond donors (Lipinski definition) is 2. The average molecular weight is 290 g/mol. The molecule has 0 aliphatic rings. The maximum absolute atomic E-state index is 12.3. The number of unbranched alkanes of at least 4 members (excludes halogenated alkanes) is 1. The number of hydrogen-bond acceptors (Lipinski definition) is 2. The highest BCUT2D eigenvalue weighted by atomic mass is 16.1. The van der Waals surface area contributed by atoms with E-state index in [0.717, 1.165) is 37.9 Å². The molecule has 0 aromatic heterocycles. The summed E-state index contributed by atoms with van der Waals surface area (Å²) in [5, 5.41) is 6.45. The second-order valence-electron chi connectivity index (χ2n) is 5.97. The van der Waals surface area contributed by atoms with Crippen molar-refractivity contribution in [3.63, 3.8) is 0 Å². The topological polar surface area (TPSA) is 41.1 Å². The molecule has 0 fully saturated rings. The Morgan fingerprint density at radius 2 is 2.00 bits per heavy atom. The maximum Gasteiger partial charge on any atom is 0.227 e. The normalized spacial score (nSPS) is 12.4. The van der Waals surface area contributed by atoms with E-state index in [1.807, 2.05) is 12.1 Å². The zero-order chi connectivity index (χ0) is 15.7. The molecular weight excluding hydrogens is 260 g/mol. The summed E-state index contributed by atoms with van der Waals surface area (Å²) >= 11 is 0. The minimum Gasteiger partial charge on any atom is -0.326 e. The Hall–Kier alpha value is -1.35. The minimum atomic E-state index is 0.127. The maximum atomic E-state index is 12.3. The summed E-state index contributed by atoms with van der Waals surface area (Å²) in [5.74, 6) is 0.280. The lowest BCUT2D eigenvalue weighted by atomic mass is 9.98. The molecule has 1 rings (SSSR count). The lowest BCUT2D eigenvalue weighted by Crippen LogP contribution is -2.23. The lowest BCUT2D eigenvalue weighted by molar-refractivity contribution is -0.120. The molecule has 1 unspecified atom stereocenters. The van der Waals surface area contributed by atoms with E-state index in [9.17, 15) is 4.79 Å². The molecule has 0 heterocycles. The quantitative estimate of drug-likeness (QED) is 0.710. The largest absolute Gasteiger partial charge is 0.326 e. The fourth-order valence-corrected chi connectivity index (χ4v) is 2.30. The van der Waals surface area contributed by atoms with Crippen LogP contribution in [0.15, 0.2) is 24.3 Å². The van der Waals surface area contributed by atoms with Crippen molar-refractivity contribution in [2.24, 2.45) is 5.92 Å². The molecular formula is C18H30N2O. The Kier molecular flexibility index (Phi) is 8.06. The number of benzene rings is 1. The molecule has 21 heavy (non-hydrogen) atoms. The van der Waals surface area contributed by atoms with Gasteiger partial charge in [0.15, 0.2) is 0 Å². The van der Waals surface area contributed by atoms with Gasteiger partial charge in [0, 0.05) is 24.2 Å². The highest BCUT2D eigenvalue weighted by Crippen LogP contribution is 2.17. The van der Waals surface area contributed by atoms with Gasteiger partial charge in [-0.2, -0.15) is 0 Å². The van der Waals surface area contributed by atoms with Crippen LogP contribution >= 0.6 is 0 Å². The molecule has 1 atom stereocenters. The van der Waals surface area contributed by atoms with E-state index >= 15 is 0 Å².